The van der Waals surface area contributed by atoms with Gasteiger partial charge >= 0.3 is 5.97 Å². The number of aliphatic hydroxyl groups is 3. The summed E-state index contributed by atoms with van der Waals surface area (Å²) in [5, 5.41) is 35.4. The molecular formula is C26H29NO5. The van der Waals surface area contributed by atoms with Gasteiger partial charge in [0.1, 0.15) is 6.10 Å². The van der Waals surface area contributed by atoms with Gasteiger partial charge in [-0.3, -0.25) is 4.90 Å². The van der Waals surface area contributed by atoms with Gasteiger partial charge in [-0.15, -0.1) is 0 Å². The van der Waals surface area contributed by atoms with Gasteiger partial charge in [0.05, 0.1) is 23.4 Å². The quantitative estimate of drug-likeness (QED) is 0.480. The number of ether oxygens (including phenoxy) is 1. The van der Waals surface area contributed by atoms with Crippen LogP contribution in [0, 0.1) is 34.5 Å². The van der Waals surface area contributed by atoms with Gasteiger partial charge in [0.25, 0.3) is 0 Å². The fraction of sp³-hybridized carbons (Fsp3) is 0.654. The highest BCUT2D eigenvalue weighted by atomic mass is 16.6. The van der Waals surface area contributed by atoms with Crippen LogP contribution in [0.3, 0.4) is 0 Å². The summed E-state index contributed by atoms with van der Waals surface area (Å²) in [7, 11) is 0. The van der Waals surface area contributed by atoms with Gasteiger partial charge < -0.3 is 20.1 Å². The van der Waals surface area contributed by atoms with Crippen molar-refractivity contribution in [2.45, 2.75) is 61.7 Å². The van der Waals surface area contributed by atoms with E-state index in [0.29, 0.717) is 24.4 Å². The van der Waals surface area contributed by atoms with Crippen LogP contribution in [0.5, 0.6) is 0 Å². The van der Waals surface area contributed by atoms with Crippen molar-refractivity contribution in [1.29, 1.82) is 0 Å². The highest BCUT2D eigenvalue weighted by molar-refractivity contribution is 5.89. The van der Waals surface area contributed by atoms with E-state index in [2.05, 4.69) is 11.5 Å². The molecule has 9 aliphatic rings. The molecule has 0 amide bonds. The van der Waals surface area contributed by atoms with Crippen LogP contribution in [0.25, 0.3) is 0 Å². The summed E-state index contributed by atoms with van der Waals surface area (Å²) < 4.78 is 5.97. The summed E-state index contributed by atoms with van der Waals surface area (Å²) in [6.07, 6.45) is 0.892. The SMILES string of the molecule is C=C1C2CC3C4N5CC6C7C5CC3(C1O)[C@@](O)(C2)C74C[C@@H](OC(=O)c1ccccc1)[C@@H]6O. The Morgan fingerprint density at radius 3 is 2.69 bits per heavy atom. The summed E-state index contributed by atoms with van der Waals surface area (Å²) in [5.41, 5.74) is -0.572. The molecule has 9 fully saturated rings. The lowest BCUT2D eigenvalue weighted by Gasteiger charge is -2.68. The Balaban J connectivity index is 1.25. The van der Waals surface area contributed by atoms with Crippen LogP contribution in [0.2, 0.25) is 0 Å². The van der Waals surface area contributed by atoms with E-state index < -0.39 is 40.7 Å². The van der Waals surface area contributed by atoms with E-state index in [1.807, 2.05) is 6.07 Å². The highest BCUT2D eigenvalue weighted by Gasteiger charge is 2.93. The largest absolute Gasteiger partial charge is 0.456 e. The molecule has 3 heterocycles. The third kappa shape index (κ3) is 1.58. The van der Waals surface area contributed by atoms with Crippen LogP contribution in [-0.4, -0.2) is 68.7 Å². The summed E-state index contributed by atoms with van der Waals surface area (Å²) >= 11 is 0. The molecule has 13 atom stereocenters. The Kier molecular flexibility index (Phi) is 3.11. The average Bonchev–Trinajstić information content (AvgIpc) is 3.27. The number of carbonyl (C=O) groups excluding carboxylic acids is 1. The molecule has 10 unspecified atom stereocenters. The van der Waals surface area contributed by atoms with Crippen molar-refractivity contribution >= 4 is 5.97 Å². The van der Waals surface area contributed by atoms with Crippen molar-refractivity contribution in [2.24, 2.45) is 34.5 Å². The summed E-state index contributed by atoms with van der Waals surface area (Å²) in [6, 6.07) is 9.42. The summed E-state index contributed by atoms with van der Waals surface area (Å²) in [5.74, 6) is 0.179. The first kappa shape index (κ1) is 18.7. The molecule has 32 heavy (non-hydrogen) atoms. The predicted octanol–water partition coefficient (Wildman–Crippen LogP) is 1.35. The van der Waals surface area contributed by atoms with E-state index in [1.54, 1.807) is 24.3 Å². The molecule has 6 heteroatoms. The number of nitrogens with zero attached hydrogens (tertiary/aromatic N) is 1. The molecule has 1 aromatic rings. The maximum Gasteiger partial charge on any atom is 0.338 e. The predicted molar refractivity (Wildman–Crippen MR) is 113 cm³/mol. The molecule has 6 aliphatic carbocycles. The number of piperidine rings is 2. The number of hydrogen-bond donors (Lipinski definition) is 3. The molecule has 6 saturated carbocycles. The van der Waals surface area contributed by atoms with Crippen molar-refractivity contribution in [3.05, 3.63) is 48.0 Å². The molecule has 1 aromatic carbocycles. The molecule has 3 saturated heterocycles. The molecule has 168 valence electrons. The van der Waals surface area contributed by atoms with Gasteiger partial charge in [0.15, 0.2) is 0 Å². The summed E-state index contributed by atoms with van der Waals surface area (Å²) in [6.45, 7) is 5.03. The van der Waals surface area contributed by atoms with E-state index >= 15 is 0 Å². The molecule has 3 N–H and O–H groups in total. The van der Waals surface area contributed by atoms with Crippen LogP contribution in [0.4, 0.5) is 0 Å². The Labute approximate surface area is 186 Å². The van der Waals surface area contributed by atoms with Crippen LogP contribution < -0.4 is 0 Å². The lowest BCUT2D eigenvalue weighted by molar-refractivity contribution is -0.277. The highest BCUT2D eigenvalue weighted by Crippen LogP contribution is 2.86. The molecule has 3 aliphatic heterocycles. The third-order valence-corrected chi connectivity index (χ3v) is 11.4. The van der Waals surface area contributed by atoms with Gasteiger partial charge in [-0.05, 0) is 61.1 Å². The zero-order chi connectivity index (χ0) is 21.8. The number of benzene rings is 1. The van der Waals surface area contributed by atoms with E-state index in [9.17, 15) is 20.1 Å². The average molecular weight is 436 g/mol. The molecule has 6 nitrogen and oxygen atoms in total. The first-order chi connectivity index (χ1) is 15.3. The van der Waals surface area contributed by atoms with Gasteiger partial charge in [-0.2, -0.15) is 0 Å². The first-order valence-electron chi connectivity index (χ1n) is 12.1. The van der Waals surface area contributed by atoms with Crippen LogP contribution in [0.15, 0.2) is 42.5 Å². The van der Waals surface area contributed by atoms with Crippen molar-refractivity contribution in [3.63, 3.8) is 0 Å². The van der Waals surface area contributed by atoms with E-state index in [0.717, 1.165) is 25.0 Å². The number of esters is 1. The molecule has 0 aromatic heterocycles. The maximum atomic E-state index is 12.9. The number of carbonyl (C=O) groups is 1. The van der Waals surface area contributed by atoms with Crippen molar-refractivity contribution in [2.75, 3.05) is 6.54 Å². The lowest BCUT2D eigenvalue weighted by Crippen LogP contribution is -2.74. The zero-order valence-electron chi connectivity index (χ0n) is 17.9. The molecule has 10 rings (SSSR count). The number of fused-ring (bicyclic) bond motifs is 1. The van der Waals surface area contributed by atoms with E-state index in [4.69, 9.17) is 4.74 Å². The van der Waals surface area contributed by atoms with E-state index in [-0.39, 0.29) is 29.7 Å². The van der Waals surface area contributed by atoms with Gasteiger partial charge in [0, 0.05) is 35.4 Å². The maximum absolute atomic E-state index is 12.9. The number of hydrogen-bond acceptors (Lipinski definition) is 6. The minimum atomic E-state index is -0.995. The fourth-order valence-electron chi connectivity index (χ4n) is 10.8. The normalized spacial score (nSPS) is 59.7. The van der Waals surface area contributed by atoms with Gasteiger partial charge in [0.2, 0.25) is 0 Å². The molecule has 0 radical (unpaired) electrons. The molecular weight excluding hydrogens is 406 g/mol. The number of rotatable bonds is 2. The first-order valence-corrected chi connectivity index (χ1v) is 12.1. The number of aliphatic hydroxyl groups excluding tert-OH is 2. The summed E-state index contributed by atoms with van der Waals surface area (Å²) in [4.78, 5) is 15.5. The Hall–Kier alpha value is -1.73. The van der Waals surface area contributed by atoms with Gasteiger partial charge in [-0.1, -0.05) is 24.8 Å². The van der Waals surface area contributed by atoms with E-state index in [1.165, 1.54) is 0 Å². The van der Waals surface area contributed by atoms with Crippen molar-refractivity contribution in [3.8, 4) is 0 Å². The second kappa shape index (κ2) is 5.33. The van der Waals surface area contributed by atoms with Crippen molar-refractivity contribution in [1.82, 2.24) is 4.90 Å². The lowest BCUT2D eigenvalue weighted by atomic mass is 9.39. The second-order valence-electron chi connectivity index (χ2n) is 11.8. The van der Waals surface area contributed by atoms with Gasteiger partial charge in [-0.25, -0.2) is 4.79 Å². The minimum Gasteiger partial charge on any atom is -0.456 e. The minimum absolute atomic E-state index is 0.00170. The third-order valence-electron chi connectivity index (χ3n) is 11.4. The Morgan fingerprint density at radius 2 is 1.91 bits per heavy atom. The molecule has 9 bridgehead atoms. The van der Waals surface area contributed by atoms with Crippen LogP contribution in [-0.2, 0) is 4.74 Å². The van der Waals surface area contributed by atoms with Crippen LogP contribution in [0.1, 0.15) is 36.0 Å². The Morgan fingerprint density at radius 1 is 1.12 bits per heavy atom. The topological polar surface area (TPSA) is 90.2 Å². The van der Waals surface area contributed by atoms with Crippen molar-refractivity contribution < 1.29 is 24.9 Å². The second-order valence-corrected chi connectivity index (χ2v) is 11.8. The fourth-order valence-corrected chi connectivity index (χ4v) is 10.8. The monoisotopic (exact) mass is 435 g/mol. The smallest absolute Gasteiger partial charge is 0.338 e. The Bertz CT molecular complexity index is 1080. The zero-order valence-corrected chi connectivity index (χ0v) is 17.9. The standard InChI is InChI=1S/C26H29NO5/c1-12-14-7-16-21-25-10-18(32-23(30)13-5-3-2-4-6-13)20(28)15-11-27(21)17(19(15)25)9-24(16,22(12)29)26(25,31)8-14/h2-6,14-22,28-29,31H,1,7-11H2/t14?,15?,16?,17?,18-,19?,20-,21?,22?,24?,25?,26+/m1/s1. The van der Waals surface area contributed by atoms with Crippen LogP contribution >= 0.6 is 0 Å². The molecule has 2 spiro atoms.